The molecule has 0 aliphatic carbocycles. The molecule has 1 saturated heterocycles. The van der Waals surface area contributed by atoms with Gasteiger partial charge in [-0.1, -0.05) is 11.8 Å². The van der Waals surface area contributed by atoms with E-state index in [4.69, 9.17) is 4.74 Å². The average Bonchev–Trinajstić information content (AvgIpc) is 2.41. The molecule has 0 radical (unpaired) electrons. The fourth-order valence-corrected chi connectivity index (χ4v) is 2.18. The highest BCUT2D eigenvalue weighted by Crippen LogP contribution is 2.26. The number of rotatable bonds is 4. The number of ether oxygens (including phenoxy) is 1. The van der Waals surface area contributed by atoms with E-state index < -0.39 is 11.9 Å². The van der Waals surface area contributed by atoms with Gasteiger partial charge in [-0.05, 0) is 24.3 Å². The van der Waals surface area contributed by atoms with Crippen LogP contribution < -0.4 is 10.6 Å². The lowest BCUT2D eigenvalue weighted by molar-refractivity contribution is -0.128. The van der Waals surface area contributed by atoms with Crippen molar-refractivity contribution in [2.45, 2.75) is 16.8 Å². The monoisotopic (exact) mass is 324 g/mol. The number of carbonyl (C=O) groups is 1. The van der Waals surface area contributed by atoms with Gasteiger partial charge in [-0.3, -0.25) is 4.79 Å². The van der Waals surface area contributed by atoms with Gasteiger partial charge in [0, 0.05) is 23.7 Å². The molecule has 1 aliphatic rings. The summed E-state index contributed by atoms with van der Waals surface area (Å²) in [6.07, 6.45) is -0.510. The lowest BCUT2D eigenvalue weighted by atomic mass is 10.2. The Balaban J connectivity index is 0.00000200. The molecular formula is C12H15ClF2N2O2S. The molecule has 0 spiro atoms. The first kappa shape index (κ1) is 17.2. The third-order valence-electron chi connectivity index (χ3n) is 2.57. The number of hydrogen-bond donors (Lipinski definition) is 2. The molecule has 4 nitrogen and oxygen atoms in total. The fraction of sp³-hybridized carbons (Fsp3) is 0.417. The van der Waals surface area contributed by atoms with E-state index in [1.54, 1.807) is 24.3 Å². The smallest absolute Gasteiger partial charge is 0.288 e. The van der Waals surface area contributed by atoms with Crippen LogP contribution in [0.2, 0.25) is 0 Å². The average molecular weight is 325 g/mol. The van der Waals surface area contributed by atoms with E-state index in [-0.39, 0.29) is 18.3 Å². The van der Waals surface area contributed by atoms with Gasteiger partial charge in [-0.15, -0.1) is 12.4 Å². The number of amides is 1. The Bertz CT molecular complexity index is 428. The largest absolute Gasteiger partial charge is 0.366 e. The topological polar surface area (TPSA) is 50.4 Å². The van der Waals surface area contributed by atoms with E-state index in [1.165, 1.54) is 0 Å². The summed E-state index contributed by atoms with van der Waals surface area (Å²) in [5, 5.41) is 5.75. The van der Waals surface area contributed by atoms with Crippen molar-refractivity contribution in [2.75, 3.05) is 25.0 Å². The number of hydrogen-bond acceptors (Lipinski definition) is 4. The van der Waals surface area contributed by atoms with Crippen LogP contribution in [0.1, 0.15) is 0 Å². The SMILES string of the molecule is Cl.O=C(Nc1ccc(SC(F)F)cc1)C1CNCCO1. The van der Waals surface area contributed by atoms with Crippen molar-refractivity contribution in [2.24, 2.45) is 0 Å². The van der Waals surface area contributed by atoms with Crippen molar-refractivity contribution in [3.05, 3.63) is 24.3 Å². The Morgan fingerprint density at radius 1 is 1.40 bits per heavy atom. The number of alkyl halides is 2. The summed E-state index contributed by atoms with van der Waals surface area (Å²) in [7, 11) is 0. The van der Waals surface area contributed by atoms with E-state index in [9.17, 15) is 13.6 Å². The number of benzene rings is 1. The second kappa shape index (κ2) is 8.41. The Labute approximate surface area is 126 Å². The highest BCUT2D eigenvalue weighted by atomic mass is 35.5. The Hall–Kier alpha value is -0.890. The molecule has 2 rings (SSSR count). The third-order valence-corrected chi connectivity index (χ3v) is 3.29. The molecule has 1 aromatic carbocycles. The summed E-state index contributed by atoms with van der Waals surface area (Å²) in [6, 6.07) is 6.29. The number of nitrogens with one attached hydrogen (secondary N) is 2. The first-order valence-electron chi connectivity index (χ1n) is 5.83. The molecule has 0 bridgehead atoms. The van der Waals surface area contributed by atoms with Crippen molar-refractivity contribution in [1.29, 1.82) is 0 Å². The molecule has 1 heterocycles. The Morgan fingerprint density at radius 3 is 2.65 bits per heavy atom. The van der Waals surface area contributed by atoms with E-state index in [2.05, 4.69) is 10.6 Å². The minimum atomic E-state index is -2.44. The second-order valence-corrected chi connectivity index (χ2v) is 5.02. The number of halogens is 3. The van der Waals surface area contributed by atoms with Crippen molar-refractivity contribution in [3.8, 4) is 0 Å². The fourth-order valence-electron chi connectivity index (χ4n) is 1.68. The van der Waals surface area contributed by atoms with Crippen LogP contribution in [0.25, 0.3) is 0 Å². The van der Waals surface area contributed by atoms with Crippen LogP contribution in [0.3, 0.4) is 0 Å². The van der Waals surface area contributed by atoms with Gasteiger partial charge in [-0.25, -0.2) is 0 Å². The third kappa shape index (κ3) is 5.24. The van der Waals surface area contributed by atoms with Gasteiger partial charge in [0.2, 0.25) is 0 Å². The lowest BCUT2D eigenvalue weighted by Crippen LogP contribution is -2.45. The van der Waals surface area contributed by atoms with Crippen molar-refractivity contribution in [3.63, 3.8) is 0 Å². The summed E-state index contributed by atoms with van der Waals surface area (Å²) in [6.45, 7) is 1.72. The summed E-state index contributed by atoms with van der Waals surface area (Å²) in [5.41, 5.74) is 0.567. The molecule has 1 aromatic rings. The normalized spacial score (nSPS) is 18.4. The Morgan fingerprint density at radius 2 is 2.10 bits per heavy atom. The molecule has 1 amide bonds. The van der Waals surface area contributed by atoms with Crippen molar-refractivity contribution >= 4 is 35.8 Å². The predicted octanol–water partition coefficient (Wildman–Crippen LogP) is 2.35. The summed E-state index contributed by atoms with van der Waals surface area (Å²) in [5.74, 6) is -2.68. The minimum absolute atomic E-state index is 0. The van der Waals surface area contributed by atoms with E-state index in [0.717, 1.165) is 6.54 Å². The summed E-state index contributed by atoms with van der Waals surface area (Å²) in [4.78, 5) is 12.3. The quantitative estimate of drug-likeness (QED) is 0.835. The number of thioether (sulfide) groups is 1. The second-order valence-electron chi connectivity index (χ2n) is 3.96. The highest BCUT2D eigenvalue weighted by Gasteiger charge is 2.21. The van der Waals surface area contributed by atoms with Crippen LogP contribution in [0.15, 0.2) is 29.2 Å². The van der Waals surface area contributed by atoms with Gasteiger partial charge in [0.05, 0.1) is 6.61 Å². The van der Waals surface area contributed by atoms with Gasteiger partial charge in [-0.2, -0.15) is 8.78 Å². The minimum Gasteiger partial charge on any atom is -0.366 e. The maximum Gasteiger partial charge on any atom is 0.288 e. The summed E-state index contributed by atoms with van der Waals surface area (Å²) < 4.78 is 29.6. The highest BCUT2D eigenvalue weighted by molar-refractivity contribution is 7.99. The zero-order valence-electron chi connectivity index (χ0n) is 10.5. The van der Waals surface area contributed by atoms with Gasteiger partial charge in [0.25, 0.3) is 11.7 Å². The number of morpholine rings is 1. The zero-order valence-corrected chi connectivity index (χ0v) is 12.1. The summed E-state index contributed by atoms with van der Waals surface area (Å²) >= 11 is 0.473. The maximum absolute atomic E-state index is 12.1. The van der Waals surface area contributed by atoms with Crippen LogP contribution in [-0.4, -0.2) is 37.5 Å². The number of carbonyl (C=O) groups excluding carboxylic acids is 1. The van der Waals surface area contributed by atoms with Crippen LogP contribution in [0, 0.1) is 0 Å². The maximum atomic E-state index is 12.1. The van der Waals surface area contributed by atoms with Crippen LogP contribution >= 0.6 is 24.2 Å². The standard InChI is InChI=1S/C12H14F2N2O2S.ClH/c13-12(14)19-9-3-1-8(2-4-9)16-11(17)10-7-15-5-6-18-10;/h1-4,10,12,15H,5-7H2,(H,16,17);1H. The molecule has 20 heavy (non-hydrogen) atoms. The van der Waals surface area contributed by atoms with Crippen molar-refractivity contribution in [1.82, 2.24) is 5.32 Å². The van der Waals surface area contributed by atoms with Crippen molar-refractivity contribution < 1.29 is 18.3 Å². The van der Waals surface area contributed by atoms with Gasteiger partial charge >= 0.3 is 0 Å². The molecule has 112 valence electrons. The molecular weight excluding hydrogens is 310 g/mol. The van der Waals surface area contributed by atoms with Crippen LogP contribution in [-0.2, 0) is 9.53 Å². The van der Waals surface area contributed by atoms with E-state index >= 15 is 0 Å². The predicted molar refractivity (Wildman–Crippen MR) is 76.8 cm³/mol. The molecule has 2 N–H and O–H groups in total. The van der Waals surface area contributed by atoms with Gasteiger partial charge in [0.15, 0.2) is 0 Å². The van der Waals surface area contributed by atoms with E-state index in [0.29, 0.717) is 35.5 Å². The Kier molecular flexibility index (Phi) is 7.22. The molecule has 8 heteroatoms. The number of anilines is 1. The molecule has 1 atom stereocenters. The first-order chi connectivity index (χ1) is 9.15. The van der Waals surface area contributed by atoms with Crippen LogP contribution in [0.4, 0.5) is 14.5 Å². The van der Waals surface area contributed by atoms with Crippen LogP contribution in [0.5, 0.6) is 0 Å². The molecule has 1 fully saturated rings. The zero-order chi connectivity index (χ0) is 13.7. The van der Waals surface area contributed by atoms with Gasteiger partial charge in [0.1, 0.15) is 6.10 Å². The molecule has 1 aliphatic heterocycles. The first-order valence-corrected chi connectivity index (χ1v) is 6.71. The molecule has 0 saturated carbocycles. The van der Waals surface area contributed by atoms with E-state index in [1.807, 2.05) is 0 Å². The van der Waals surface area contributed by atoms with Gasteiger partial charge < -0.3 is 15.4 Å². The molecule has 1 unspecified atom stereocenters. The lowest BCUT2D eigenvalue weighted by Gasteiger charge is -2.22. The molecule has 0 aromatic heterocycles.